The third-order valence-corrected chi connectivity index (χ3v) is 2.17. The third kappa shape index (κ3) is 3.94. The van der Waals surface area contributed by atoms with E-state index in [0.29, 0.717) is 0 Å². The van der Waals surface area contributed by atoms with E-state index in [9.17, 15) is 27.2 Å². The van der Waals surface area contributed by atoms with Crippen molar-refractivity contribution < 1.29 is 32.3 Å². The average molecular weight is 279 g/mol. The number of rotatable bonds is 5. The molecule has 0 spiro atoms. The van der Waals surface area contributed by atoms with Gasteiger partial charge in [-0.15, -0.1) is 0 Å². The number of nitrogens with one attached hydrogen (secondary N) is 1. The summed E-state index contributed by atoms with van der Waals surface area (Å²) in [6.45, 7) is 0. The minimum atomic E-state index is -1.72. The van der Waals surface area contributed by atoms with Crippen LogP contribution in [0.1, 0.15) is 19.3 Å². The lowest BCUT2D eigenvalue weighted by molar-refractivity contribution is -0.137. The zero-order chi connectivity index (χ0) is 14.6. The summed E-state index contributed by atoms with van der Waals surface area (Å²) in [7, 11) is 0. The highest BCUT2D eigenvalue weighted by Crippen LogP contribution is 2.24. The number of carbonyl (C=O) groups is 2. The van der Waals surface area contributed by atoms with E-state index in [-0.39, 0.29) is 25.3 Å². The molecule has 0 unspecified atom stereocenters. The molecule has 2 N–H and O–H groups in total. The Balaban J connectivity index is 2.77. The van der Waals surface area contributed by atoms with Crippen LogP contribution in [0.5, 0.6) is 0 Å². The van der Waals surface area contributed by atoms with Crippen LogP contribution in [0, 0.1) is 23.3 Å². The van der Waals surface area contributed by atoms with E-state index in [4.69, 9.17) is 5.11 Å². The smallest absolute Gasteiger partial charge is 0.303 e. The minimum absolute atomic E-state index is 0.0186. The molecule has 1 rings (SSSR count). The molecule has 0 radical (unpaired) electrons. The molecule has 4 nitrogen and oxygen atoms in total. The van der Waals surface area contributed by atoms with Crippen molar-refractivity contribution in [3.8, 4) is 0 Å². The van der Waals surface area contributed by atoms with Crippen LogP contribution >= 0.6 is 0 Å². The number of amides is 1. The lowest BCUT2D eigenvalue weighted by Gasteiger charge is -2.08. The predicted molar refractivity (Wildman–Crippen MR) is 56.4 cm³/mol. The van der Waals surface area contributed by atoms with Crippen molar-refractivity contribution in [2.24, 2.45) is 0 Å². The zero-order valence-corrected chi connectivity index (χ0v) is 9.47. The van der Waals surface area contributed by atoms with Crippen LogP contribution in [0.4, 0.5) is 23.2 Å². The molecule has 0 aliphatic rings. The summed E-state index contributed by atoms with van der Waals surface area (Å²) < 4.78 is 52.0. The summed E-state index contributed by atoms with van der Waals surface area (Å²) in [5, 5.41) is 10.00. The van der Waals surface area contributed by atoms with E-state index in [1.165, 1.54) is 0 Å². The summed E-state index contributed by atoms with van der Waals surface area (Å²) in [5.41, 5.74) is -1.22. The molecule has 0 heterocycles. The van der Waals surface area contributed by atoms with E-state index in [1.807, 2.05) is 0 Å². The summed E-state index contributed by atoms with van der Waals surface area (Å²) >= 11 is 0. The number of halogens is 4. The number of anilines is 1. The van der Waals surface area contributed by atoms with Crippen molar-refractivity contribution >= 4 is 17.6 Å². The van der Waals surface area contributed by atoms with Crippen molar-refractivity contribution in [3.05, 3.63) is 29.3 Å². The van der Waals surface area contributed by atoms with E-state index >= 15 is 0 Å². The fourth-order valence-electron chi connectivity index (χ4n) is 1.28. The second-order valence-electron chi connectivity index (χ2n) is 3.64. The van der Waals surface area contributed by atoms with Crippen LogP contribution in [0.15, 0.2) is 6.07 Å². The number of hydrogen-bond donors (Lipinski definition) is 2. The molecule has 19 heavy (non-hydrogen) atoms. The first-order valence-electron chi connectivity index (χ1n) is 5.17. The highest BCUT2D eigenvalue weighted by Gasteiger charge is 2.20. The van der Waals surface area contributed by atoms with Gasteiger partial charge in [-0.2, -0.15) is 0 Å². The van der Waals surface area contributed by atoms with E-state index < -0.39 is 40.8 Å². The van der Waals surface area contributed by atoms with Gasteiger partial charge in [-0.3, -0.25) is 9.59 Å². The van der Waals surface area contributed by atoms with Crippen molar-refractivity contribution in [2.45, 2.75) is 19.3 Å². The van der Waals surface area contributed by atoms with Gasteiger partial charge in [0.15, 0.2) is 23.3 Å². The number of carboxylic acid groups (broad SMARTS) is 1. The van der Waals surface area contributed by atoms with Crippen LogP contribution in [0.25, 0.3) is 0 Å². The number of aliphatic carboxylic acids is 1. The second-order valence-corrected chi connectivity index (χ2v) is 3.64. The maximum atomic E-state index is 13.2. The molecular weight excluding hydrogens is 270 g/mol. The van der Waals surface area contributed by atoms with Crippen molar-refractivity contribution in [1.29, 1.82) is 0 Å². The molecule has 0 aromatic heterocycles. The lowest BCUT2D eigenvalue weighted by atomic mass is 10.2. The van der Waals surface area contributed by atoms with Crippen LogP contribution in [0.3, 0.4) is 0 Å². The highest BCUT2D eigenvalue weighted by molar-refractivity contribution is 5.91. The van der Waals surface area contributed by atoms with Gasteiger partial charge < -0.3 is 10.4 Å². The van der Waals surface area contributed by atoms with Crippen LogP contribution in [-0.4, -0.2) is 17.0 Å². The van der Waals surface area contributed by atoms with Gasteiger partial charge in [0.05, 0.1) is 0 Å². The Kier molecular flexibility index (Phi) is 4.85. The van der Waals surface area contributed by atoms with Crippen LogP contribution in [0.2, 0.25) is 0 Å². The predicted octanol–water partition coefficient (Wildman–Crippen LogP) is 2.44. The Labute approximate surface area is 105 Å². The molecule has 0 atom stereocenters. The average Bonchev–Trinajstić information content (AvgIpc) is 2.32. The summed E-state index contributed by atoms with van der Waals surface area (Å²) in [4.78, 5) is 21.4. The molecule has 0 fully saturated rings. The molecule has 1 aromatic rings. The van der Waals surface area contributed by atoms with Crippen LogP contribution < -0.4 is 5.32 Å². The number of carbonyl (C=O) groups excluding carboxylic acids is 1. The molecule has 0 bridgehead atoms. The monoisotopic (exact) mass is 279 g/mol. The molecule has 1 amide bonds. The largest absolute Gasteiger partial charge is 0.481 e. The maximum absolute atomic E-state index is 13.2. The van der Waals surface area contributed by atoms with Gasteiger partial charge in [-0.1, -0.05) is 0 Å². The summed E-state index contributed by atoms with van der Waals surface area (Å²) in [6, 6.07) is 0.0186. The number of hydrogen-bond acceptors (Lipinski definition) is 2. The Morgan fingerprint density at radius 2 is 1.58 bits per heavy atom. The van der Waals surface area contributed by atoms with E-state index in [2.05, 4.69) is 0 Å². The first kappa shape index (κ1) is 14.9. The van der Waals surface area contributed by atoms with E-state index in [1.54, 1.807) is 5.32 Å². The molecule has 1 aromatic carbocycles. The Hall–Kier alpha value is -2.12. The Bertz CT molecular complexity index is 493. The van der Waals surface area contributed by atoms with Gasteiger partial charge in [-0.05, 0) is 6.42 Å². The first-order chi connectivity index (χ1) is 8.82. The summed E-state index contributed by atoms with van der Waals surface area (Å²) in [5.74, 6) is -8.79. The number of benzene rings is 1. The molecule has 104 valence electrons. The van der Waals surface area contributed by atoms with Crippen molar-refractivity contribution in [2.75, 3.05) is 5.32 Å². The van der Waals surface area contributed by atoms with Gasteiger partial charge in [0, 0.05) is 18.9 Å². The van der Waals surface area contributed by atoms with Crippen LogP contribution in [-0.2, 0) is 9.59 Å². The normalized spacial score (nSPS) is 10.3. The molecule has 0 saturated heterocycles. The Morgan fingerprint density at radius 1 is 1.05 bits per heavy atom. The standard InChI is InChI=1S/C11H9F4NO3/c12-5-4-6(13)10(15)11(9(5)14)16-7(17)2-1-3-8(18)19/h4H,1-3H2,(H,16,17)(H,18,19). The SMILES string of the molecule is O=C(O)CCCC(=O)Nc1c(F)c(F)cc(F)c1F. The van der Waals surface area contributed by atoms with Gasteiger partial charge in [0.2, 0.25) is 5.91 Å². The van der Waals surface area contributed by atoms with Crippen molar-refractivity contribution in [3.63, 3.8) is 0 Å². The van der Waals surface area contributed by atoms with Gasteiger partial charge in [0.25, 0.3) is 0 Å². The fourth-order valence-corrected chi connectivity index (χ4v) is 1.28. The number of carboxylic acids is 1. The van der Waals surface area contributed by atoms with Gasteiger partial charge in [-0.25, -0.2) is 17.6 Å². The molecular formula is C11H9F4NO3. The third-order valence-electron chi connectivity index (χ3n) is 2.17. The molecule has 0 saturated carbocycles. The molecule has 8 heteroatoms. The summed E-state index contributed by atoms with van der Waals surface area (Å²) in [6.07, 6.45) is -0.721. The van der Waals surface area contributed by atoms with E-state index in [0.717, 1.165) is 0 Å². The van der Waals surface area contributed by atoms with Gasteiger partial charge in [0.1, 0.15) is 5.69 Å². The zero-order valence-electron chi connectivity index (χ0n) is 9.47. The topological polar surface area (TPSA) is 66.4 Å². The van der Waals surface area contributed by atoms with Crippen molar-refractivity contribution in [1.82, 2.24) is 0 Å². The molecule has 0 aliphatic heterocycles. The van der Waals surface area contributed by atoms with Gasteiger partial charge >= 0.3 is 5.97 Å². The minimum Gasteiger partial charge on any atom is -0.481 e. The first-order valence-corrected chi connectivity index (χ1v) is 5.17. The lowest BCUT2D eigenvalue weighted by Crippen LogP contribution is -2.15. The second kappa shape index (κ2) is 6.17. The highest BCUT2D eigenvalue weighted by atomic mass is 19.2. The Morgan fingerprint density at radius 3 is 2.05 bits per heavy atom. The maximum Gasteiger partial charge on any atom is 0.303 e. The molecule has 0 aliphatic carbocycles. The quantitative estimate of drug-likeness (QED) is 0.642. The fraction of sp³-hybridized carbons (Fsp3) is 0.273.